The van der Waals surface area contributed by atoms with E-state index >= 15 is 0 Å². The summed E-state index contributed by atoms with van der Waals surface area (Å²) < 4.78 is 32.0. The van der Waals surface area contributed by atoms with Gasteiger partial charge in [-0.05, 0) is 65.2 Å². The van der Waals surface area contributed by atoms with E-state index in [1.165, 1.54) is 0 Å². The van der Waals surface area contributed by atoms with E-state index in [4.69, 9.17) is 15.3 Å². The standard InChI is InChI=1S/C21H33F2N3O4/c1-19(2,3)29-18(28)26-12-10-20(11-13-26,15-4-5-15)17(24)25-30-16(27)14-6-8-21(22,23)9-7-14/h14-15H,4-13H2,1-3H3,(H2,24,25). The minimum atomic E-state index is -2.70. The zero-order valence-corrected chi connectivity index (χ0v) is 18.1. The van der Waals surface area contributed by atoms with Crippen molar-refractivity contribution >= 4 is 17.9 Å². The van der Waals surface area contributed by atoms with E-state index < -0.39 is 28.8 Å². The fourth-order valence-corrected chi connectivity index (χ4v) is 4.46. The van der Waals surface area contributed by atoms with Crippen molar-refractivity contribution in [2.75, 3.05) is 13.1 Å². The van der Waals surface area contributed by atoms with Crippen molar-refractivity contribution in [1.29, 1.82) is 0 Å². The highest BCUT2D eigenvalue weighted by atomic mass is 19.3. The van der Waals surface area contributed by atoms with Crippen molar-refractivity contribution in [3.05, 3.63) is 0 Å². The number of carbonyl (C=O) groups excluding carboxylic acids is 2. The molecular weight excluding hydrogens is 396 g/mol. The van der Waals surface area contributed by atoms with Crippen LogP contribution in [0.5, 0.6) is 0 Å². The lowest BCUT2D eigenvalue weighted by Crippen LogP contribution is -2.51. The molecule has 1 saturated heterocycles. The van der Waals surface area contributed by atoms with Gasteiger partial charge in [-0.2, -0.15) is 0 Å². The number of nitrogens with two attached hydrogens (primary N) is 1. The van der Waals surface area contributed by atoms with Gasteiger partial charge in [-0.25, -0.2) is 18.4 Å². The molecule has 3 aliphatic rings. The molecule has 30 heavy (non-hydrogen) atoms. The number of amidine groups is 1. The second-order valence-corrected chi connectivity index (χ2v) is 9.91. The summed E-state index contributed by atoms with van der Waals surface area (Å²) in [5, 5.41) is 3.94. The van der Waals surface area contributed by atoms with Crippen molar-refractivity contribution in [2.24, 2.45) is 28.1 Å². The molecule has 0 atom stereocenters. The number of ether oxygens (including phenoxy) is 1. The van der Waals surface area contributed by atoms with Gasteiger partial charge < -0.3 is 20.2 Å². The van der Waals surface area contributed by atoms with Crippen LogP contribution in [0.15, 0.2) is 5.16 Å². The first kappa shape index (κ1) is 22.7. The lowest BCUT2D eigenvalue weighted by atomic mass is 9.73. The molecule has 0 aromatic carbocycles. The highest BCUT2D eigenvalue weighted by Crippen LogP contribution is 2.52. The van der Waals surface area contributed by atoms with Gasteiger partial charge in [0, 0.05) is 31.3 Å². The van der Waals surface area contributed by atoms with Crippen molar-refractivity contribution < 1.29 is 27.9 Å². The van der Waals surface area contributed by atoms with E-state index in [1.54, 1.807) is 4.90 Å². The molecule has 1 heterocycles. The predicted molar refractivity (Wildman–Crippen MR) is 107 cm³/mol. The summed E-state index contributed by atoms with van der Waals surface area (Å²) in [4.78, 5) is 31.4. The summed E-state index contributed by atoms with van der Waals surface area (Å²) >= 11 is 0. The number of hydrogen-bond acceptors (Lipinski definition) is 5. The van der Waals surface area contributed by atoms with Gasteiger partial charge in [0.05, 0.1) is 5.92 Å². The first-order chi connectivity index (χ1) is 13.9. The molecule has 170 valence electrons. The second kappa shape index (κ2) is 8.30. The fourth-order valence-electron chi connectivity index (χ4n) is 4.46. The summed E-state index contributed by atoms with van der Waals surface area (Å²) in [6.07, 6.45) is 2.53. The molecule has 2 aliphatic carbocycles. The minimum Gasteiger partial charge on any atom is -0.444 e. The summed E-state index contributed by atoms with van der Waals surface area (Å²) in [6.45, 7) is 6.47. The number of rotatable bonds is 4. The molecule has 2 saturated carbocycles. The van der Waals surface area contributed by atoms with Crippen molar-refractivity contribution in [3.8, 4) is 0 Å². The normalized spacial score (nSPS) is 25.0. The van der Waals surface area contributed by atoms with Crippen LogP contribution in [0.25, 0.3) is 0 Å². The second-order valence-electron chi connectivity index (χ2n) is 9.91. The molecule has 2 N–H and O–H groups in total. The maximum atomic E-state index is 13.3. The highest BCUT2D eigenvalue weighted by Gasteiger charge is 2.51. The summed E-state index contributed by atoms with van der Waals surface area (Å²) in [6, 6.07) is 0. The number of oxime groups is 1. The Hall–Kier alpha value is -1.93. The average molecular weight is 430 g/mol. The lowest BCUT2D eigenvalue weighted by Gasteiger charge is -2.41. The Morgan fingerprint density at radius 2 is 1.60 bits per heavy atom. The Bertz CT molecular complexity index is 683. The summed E-state index contributed by atoms with van der Waals surface area (Å²) in [5.41, 5.74) is 5.33. The monoisotopic (exact) mass is 429 g/mol. The third-order valence-electron chi connectivity index (χ3n) is 6.46. The van der Waals surface area contributed by atoms with E-state index in [9.17, 15) is 18.4 Å². The fraction of sp³-hybridized carbons (Fsp3) is 0.857. The van der Waals surface area contributed by atoms with Crippen LogP contribution in [0, 0.1) is 17.3 Å². The first-order valence-electron chi connectivity index (χ1n) is 10.8. The quantitative estimate of drug-likeness (QED) is 0.315. The Morgan fingerprint density at radius 1 is 1.03 bits per heavy atom. The number of piperidine rings is 1. The Labute approximate surface area is 176 Å². The molecule has 3 fully saturated rings. The first-order valence-corrected chi connectivity index (χ1v) is 10.8. The van der Waals surface area contributed by atoms with Crippen LogP contribution >= 0.6 is 0 Å². The predicted octanol–water partition coefficient (Wildman–Crippen LogP) is 4.05. The van der Waals surface area contributed by atoms with Crippen molar-refractivity contribution in [3.63, 3.8) is 0 Å². The number of nitrogens with zero attached hydrogens (tertiary/aromatic N) is 2. The van der Waals surface area contributed by atoms with E-state index in [1.807, 2.05) is 20.8 Å². The Balaban J connectivity index is 1.58. The molecule has 3 rings (SSSR count). The van der Waals surface area contributed by atoms with Crippen LogP contribution in [0.1, 0.15) is 72.1 Å². The van der Waals surface area contributed by atoms with Crippen LogP contribution in [-0.2, 0) is 14.4 Å². The maximum Gasteiger partial charge on any atom is 0.410 e. The Morgan fingerprint density at radius 3 is 2.10 bits per heavy atom. The van der Waals surface area contributed by atoms with Gasteiger partial charge in [0.2, 0.25) is 5.92 Å². The van der Waals surface area contributed by atoms with Gasteiger partial charge >= 0.3 is 12.1 Å². The number of likely N-dealkylation sites (tertiary alicyclic amines) is 1. The maximum absolute atomic E-state index is 13.3. The van der Waals surface area contributed by atoms with Gasteiger partial charge in [0.1, 0.15) is 11.4 Å². The zero-order chi connectivity index (χ0) is 22.2. The van der Waals surface area contributed by atoms with Crippen LogP contribution in [-0.4, -0.2) is 47.4 Å². The van der Waals surface area contributed by atoms with E-state index in [0.717, 1.165) is 12.8 Å². The summed E-state index contributed by atoms with van der Waals surface area (Å²) in [5.74, 6) is -3.23. The minimum absolute atomic E-state index is 0.0971. The number of amides is 1. The lowest BCUT2D eigenvalue weighted by molar-refractivity contribution is -0.152. The van der Waals surface area contributed by atoms with Crippen molar-refractivity contribution in [2.45, 2.75) is 83.7 Å². The average Bonchev–Trinajstić information content (AvgIpc) is 3.50. The van der Waals surface area contributed by atoms with Gasteiger partial charge in [0.25, 0.3) is 0 Å². The Kier molecular flexibility index (Phi) is 6.30. The molecule has 9 heteroatoms. The molecule has 7 nitrogen and oxygen atoms in total. The van der Waals surface area contributed by atoms with Gasteiger partial charge in [-0.3, -0.25) is 0 Å². The molecule has 1 amide bonds. The highest BCUT2D eigenvalue weighted by molar-refractivity contribution is 5.88. The van der Waals surface area contributed by atoms with Crippen LogP contribution < -0.4 is 5.73 Å². The number of alkyl halides is 2. The SMILES string of the molecule is CC(C)(C)OC(=O)N1CCC(/C(N)=N/OC(=O)C2CCC(F)(F)CC2)(C2CC2)CC1. The molecule has 0 aromatic heterocycles. The number of carbonyl (C=O) groups is 2. The molecule has 0 unspecified atom stereocenters. The van der Waals surface area contributed by atoms with Gasteiger partial charge in [-0.1, -0.05) is 5.16 Å². The van der Waals surface area contributed by atoms with E-state index in [-0.39, 0.29) is 37.6 Å². The molecule has 1 aliphatic heterocycles. The number of hydrogen-bond donors (Lipinski definition) is 1. The third kappa shape index (κ3) is 5.40. The molecular formula is C21H33F2N3O4. The van der Waals surface area contributed by atoms with Gasteiger partial charge in [0.15, 0.2) is 0 Å². The third-order valence-corrected chi connectivity index (χ3v) is 6.46. The number of halogens is 2. The zero-order valence-electron chi connectivity index (χ0n) is 18.1. The van der Waals surface area contributed by atoms with Crippen LogP contribution in [0.2, 0.25) is 0 Å². The summed E-state index contributed by atoms with van der Waals surface area (Å²) in [7, 11) is 0. The molecule has 0 aromatic rings. The molecule has 0 spiro atoms. The largest absolute Gasteiger partial charge is 0.444 e. The smallest absolute Gasteiger partial charge is 0.410 e. The van der Waals surface area contributed by atoms with Crippen molar-refractivity contribution in [1.82, 2.24) is 4.90 Å². The van der Waals surface area contributed by atoms with Crippen LogP contribution in [0.3, 0.4) is 0 Å². The molecule has 0 radical (unpaired) electrons. The van der Waals surface area contributed by atoms with Crippen LogP contribution in [0.4, 0.5) is 13.6 Å². The molecule has 0 bridgehead atoms. The topological polar surface area (TPSA) is 94.2 Å². The van der Waals surface area contributed by atoms with E-state index in [2.05, 4.69) is 5.16 Å². The van der Waals surface area contributed by atoms with E-state index in [0.29, 0.717) is 31.8 Å². The van der Waals surface area contributed by atoms with Gasteiger partial charge in [-0.15, -0.1) is 0 Å².